The van der Waals surface area contributed by atoms with Crippen molar-refractivity contribution in [3.63, 3.8) is 0 Å². The monoisotopic (exact) mass is 288 g/mol. The van der Waals surface area contributed by atoms with Gasteiger partial charge in [-0.15, -0.1) is 0 Å². The van der Waals surface area contributed by atoms with Crippen molar-refractivity contribution in [2.75, 3.05) is 7.05 Å². The molecule has 0 atom stereocenters. The summed E-state index contributed by atoms with van der Waals surface area (Å²) in [5.41, 5.74) is 3.91. The third-order valence-corrected chi connectivity index (χ3v) is 3.20. The van der Waals surface area contributed by atoms with Crippen molar-refractivity contribution in [1.29, 1.82) is 0 Å². The van der Waals surface area contributed by atoms with Crippen LogP contribution in [-0.4, -0.2) is 28.1 Å². The van der Waals surface area contributed by atoms with Gasteiger partial charge in [0.2, 0.25) is 0 Å². The summed E-state index contributed by atoms with van der Waals surface area (Å²) < 4.78 is 5.10. The fraction of sp³-hybridized carbons (Fsp3) is 0.400. The minimum Gasteiger partial charge on any atom is -0.359 e. The van der Waals surface area contributed by atoms with Gasteiger partial charge in [0.05, 0.1) is 12.2 Å². The normalized spacial score (nSPS) is 10.5. The molecule has 2 heterocycles. The molecular weight excluding hydrogens is 268 g/mol. The lowest BCUT2D eigenvalue weighted by Crippen LogP contribution is -2.36. The molecule has 2 aromatic rings. The zero-order valence-electron chi connectivity index (χ0n) is 12.8. The summed E-state index contributed by atoms with van der Waals surface area (Å²) in [6.45, 7) is 6.65. The Labute approximate surface area is 124 Å². The summed E-state index contributed by atoms with van der Waals surface area (Å²) in [6, 6.07) is 3.66. The highest BCUT2D eigenvalue weighted by Gasteiger charge is 2.12. The molecule has 1 N–H and O–H groups in total. The van der Waals surface area contributed by atoms with Crippen molar-refractivity contribution >= 4 is 6.03 Å². The summed E-state index contributed by atoms with van der Waals surface area (Å²) in [5, 5.41) is 6.67. The van der Waals surface area contributed by atoms with E-state index in [1.54, 1.807) is 18.1 Å². The predicted octanol–water partition coefficient (Wildman–Crippen LogP) is 2.34. The molecule has 0 spiro atoms. The van der Waals surface area contributed by atoms with Crippen molar-refractivity contribution in [1.82, 2.24) is 20.4 Å². The second-order valence-corrected chi connectivity index (χ2v) is 5.20. The molecule has 0 saturated carbocycles. The number of aryl methyl sites for hydroxylation is 3. The fourth-order valence-electron chi connectivity index (χ4n) is 2.01. The number of amides is 2. The molecule has 0 aliphatic rings. The lowest BCUT2D eigenvalue weighted by molar-refractivity contribution is 0.200. The molecule has 112 valence electrons. The Bertz CT molecular complexity index is 636. The smallest absolute Gasteiger partial charge is 0.317 e. The predicted molar refractivity (Wildman–Crippen MR) is 78.7 cm³/mol. The Kier molecular flexibility index (Phi) is 4.57. The summed E-state index contributed by atoms with van der Waals surface area (Å²) in [4.78, 5) is 17.8. The third kappa shape index (κ3) is 4.05. The van der Waals surface area contributed by atoms with Gasteiger partial charge in [-0.25, -0.2) is 4.79 Å². The van der Waals surface area contributed by atoms with Gasteiger partial charge in [0.15, 0.2) is 5.76 Å². The van der Waals surface area contributed by atoms with E-state index in [4.69, 9.17) is 4.52 Å². The van der Waals surface area contributed by atoms with E-state index in [0.717, 1.165) is 22.5 Å². The van der Waals surface area contributed by atoms with E-state index in [-0.39, 0.29) is 6.03 Å². The van der Waals surface area contributed by atoms with Crippen molar-refractivity contribution in [3.05, 3.63) is 46.6 Å². The van der Waals surface area contributed by atoms with Gasteiger partial charge in [0, 0.05) is 31.5 Å². The first-order valence-electron chi connectivity index (χ1n) is 6.79. The van der Waals surface area contributed by atoms with Crippen LogP contribution in [0.3, 0.4) is 0 Å². The third-order valence-electron chi connectivity index (χ3n) is 3.20. The second-order valence-electron chi connectivity index (χ2n) is 5.20. The Hall–Kier alpha value is -2.37. The van der Waals surface area contributed by atoms with Gasteiger partial charge >= 0.3 is 6.03 Å². The van der Waals surface area contributed by atoms with Gasteiger partial charge in [-0.3, -0.25) is 4.98 Å². The van der Waals surface area contributed by atoms with Gasteiger partial charge in [0.1, 0.15) is 0 Å². The molecule has 0 radical (unpaired) electrons. The van der Waals surface area contributed by atoms with E-state index in [9.17, 15) is 4.79 Å². The topological polar surface area (TPSA) is 71.3 Å². The number of carbonyl (C=O) groups excluding carboxylic acids is 1. The number of hydrogen-bond donors (Lipinski definition) is 1. The number of aromatic nitrogens is 2. The highest BCUT2D eigenvalue weighted by Crippen LogP contribution is 2.08. The molecule has 0 unspecified atom stereocenters. The van der Waals surface area contributed by atoms with E-state index < -0.39 is 0 Å². The Morgan fingerprint density at radius 3 is 2.67 bits per heavy atom. The molecule has 2 aromatic heterocycles. The van der Waals surface area contributed by atoms with Crippen LogP contribution in [0.25, 0.3) is 0 Å². The van der Waals surface area contributed by atoms with Crippen LogP contribution >= 0.6 is 0 Å². The van der Waals surface area contributed by atoms with Gasteiger partial charge in [-0.2, -0.15) is 0 Å². The van der Waals surface area contributed by atoms with Crippen molar-refractivity contribution in [2.24, 2.45) is 0 Å². The summed E-state index contributed by atoms with van der Waals surface area (Å²) in [7, 11) is 1.72. The van der Waals surface area contributed by atoms with Crippen LogP contribution in [0, 0.1) is 20.8 Å². The number of carbonyl (C=O) groups is 1. The van der Waals surface area contributed by atoms with E-state index >= 15 is 0 Å². The first kappa shape index (κ1) is 15.0. The fourth-order valence-corrected chi connectivity index (χ4v) is 2.01. The average Bonchev–Trinajstić information content (AvgIpc) is 2.82. The number of pyridine rings is 1. The zero-order valence-corrected chi connectivity index (χ0v) is 12.8. The molecule has 6 nitrogen and oxygen atoms in total. The van der Waals surface area contributed by atoms with E-state index in [1.165, 1.54) is 0 Å². The maximum absolute atomic E-state index is 12.0. The van der Waals surface area contributed by atoms with Crippen LogP contribution in [0.4, 0.5) is 4.79 Å². The van der Waals surface area contributed by atoms with Crippen LogP contribution < -0.4 is 5.32 Å². The summed E-state index contributed by atoms with van der Waals surface area (Å²) in [6.07, 6.45) is 1.80. The molecule has 0 aromatic carbocycles. The minimum atomic E-state index is -0.163. The second kappa shape index (κ2) is 6.39. The molecular formula is C15H20N4O2. The first-order chi connectivity index (χ1) is 9.95. The molecule has 2 amide bonds. The average molecular weight is 288 g/mol. The standard InChI is InChI=1S/C15H20N4O2/c1-10-5-11(2)16-7-13(10)8-17-15(20)19(4)9-14-6-12(3)18-21-14/h5-7H,8-9H2,1-4H3,(H,17,20). The minimum absolute atomic E-state index is 0.163. The maximum Gasteiger partial charge on any atom is 0.317 e. The molecule has 2 rings (SSSR count). The van der Waals surface area contributed by atoms with Crippen molar-refractivity contribution in [2.45, 2.75) is 33.9 Å². The number of nitrogens with zero attached hydrogens (tertiary/aromatic N) is 3. The van der Waals surface area contributed by atoms with Crippen LogP contribution in [-0.2, 0) is 13.1 Å². The molecule has 0 saturated heterocycles. The molecule has 21 heavy (non-hydrogen) atoms. The van der Waals surface area contributed by atoms with Crippen molar-refractivity contribution < 1.29 is 9.32 Å². The van der Waals surface area contributed by atoms with Gasteiger partial charge < -0.3 is 14.7 Å². The number of urea groups is 1. The molecule has 0 fully saturated rings. The lowest BCUT2D eigenvalue weighted by atomic mass is 10.1. The largest absolute Gasteiger partial charge is 0.359 e. The summed E-state index contributed by atoms with van der Waals surface area (Å²) >= 11 is 0. The highest BCUT2D eigenvalue weighted by atomic mass is 16.5. The van der Waals surface area contributed by atoms with E-state index in [2.05, 4.69) is 15.5 Å². The Morgan fingerprint density at radius 1 is 1.29 bits per heavy atom. The Morgan fingerprint density at radius 2 is 2.05 bits per heavy atom. The maximum atomic E-state index is 12.0. The van der Waals surface area contributed by atoms with E-state index in [1.807, 2.05) is 32.9 Å². The Balaban J connectivity index is 1.89. The first-order valence-corrected chi connectivity index (χ1v) is 6.79. The summed E-state index contributed by atoms with van der Waals surface area (Å²) in [5.74, 6) is 0.665. The lowest BCUT2D eigenvalue weighted by Gasteiger charge is -2.16. The molecule has 0 aliphatic heterocycles. The highest BCUT2D eigenvalue weighted by molar-refractivity contribution is 5.73. The molecule has 0 bridgehead atoms. The van der Waals surface area contributed by atoms with Crippen LogP contribution in [0.5, 0.6) is 0 Å². The molecule has 0 aliphatic carbocycles. The number of hydrogen-bond acceptors (Lipinski definition) is 4. The SMILES string of the molecule is Cc1cc(C)c(CNC(=O)N(C)Cc2cc(C)no2)cn1. The quantitative estimate of drug-likeness (QED) is 0.937. The van der Waals surface area contributed by atoms with Gasteiger partial charge in [-0.1, -0.05) is 5.16 Å². The number of rotatable bonds is 4. The molecule has 6 heteroatoms. The van der Waals surface area contributed by atoms with Gasteiger partial charge in [0.25, 0.3) is 0 Å². The van der Waals surface area contributed by atoms with Crippen LogP contribution in [0.15, 0.2) is 22.9 Å². The number of nitrogens with one attached hydrogen (secondary N) is 1. The van der Waals surface area contributed by atoms with Crippen LogP contribution in [0.2, 0.25) is 0 Å². The van der Waals surface area contributed by atoms with Crippen LogP contribution in [0.1, 0.15) is 28.3 Å². The van der Waals surface area contributed by atoms with Crippen molar-refractivity contribution in [3.8, 4) is 0 Å². The van der Waals surface area contributed by atoms with Gasteiger partial charge in [-0.05, 0) is 38.0 Å². The van der Waals surface area contributed by atoms with E-state index in [0.29, 0.717) is 18.8 Å². The zero-order chi connectivity index (χ0) is 15.4.